The molecule has 2 amide bonds. The number of carbonyl (C=O) groups excluding carboxylic acids is 2. The number of rotatable bonds is 10. The summed E-state index contributed by atoms with van der Waals surface area (Å²) in [6.45, 7) is 0.392. The fourth-order valence-electron chi connectivity index (χ4n) is 4.79. The maximum atomic E-state index is 13.7. The van der Waals surface area contributed by atoms with Gasteiger partial charge in [0.25, 0.3) is 0 Å². The summed E-state index contributed by atoms with van der Waals surface area (Å²) in [7, 11) is 0. The smallest absolute Gasteiger partial charge is 0.243 e. The first-order valence-corrected chi connectivity index (χ1v) is 13.3. The molecule has 4 rings (SSSR count). The summed E-state index contributed by atoms with van der Waals surface area (Å²) in [6.07, 6.45) is 5.81. The summed E-state index contributed by atoms with van der Waals surface area (Å²) in [5, 5.41) is 3.26. The lowest BCUT2D eigenvalue weighted by Gasteiger charge is -2.32. The third-order valence-electron chi connectivity index (χ3n) is 6.68. The minimum Gasteiger partial charge on any atom is -0.352 e. The van der Waals surface area contributed by atoms with E-state index < -0.39 is 6.04 Å². The molecule has 0 aromatic heterocycles. The quantitative estimate of drug-likeness (QED) is 0.344. The summed E-state index contributed by atoms with van der Waals surface area (Å²) in [5.41, 5.74) is 3.17. The monoisotopic (exact) mass is 532 g/mol. The van der Waals surface area contributed by atoms with Gasteiger partial charge in [0.2, 0.25) is 11.8 Å². The molecule has 3 aromatic rings. The van der Waals surface area contributed by atoms with Gasteiger partial charge in [-0.2, -0.15) is 0 Å². The van der Waals surface area contributed by atoms with Crippen LogP contribution >= 0.6 is 15.9 Å². The van der Waals surface area contributed by atoms with Gasteiger partial charge in [0, 0.05) is 29.9 Å². The average molecular weight is 534 g/mol. The molecule has 3 aromatic carbocycles. The van der Waals surface area contributed by atoms with Crippen LogP contribution in [-0.4, -0.2) is 28.8 Å². The highest BCUT2D eigenvalue weighted by Crippen LogP contribution is 2.21. The van der Waals surface area contributed by atoms with Gasteiger partial charge in [-0.1, -0.05) is 102 Å². The van der Waals surface area contributed by atoms with E-state index in [9.17, 15) is 9.59 Å². The summed E-state index contributed by atoms with van der Waals surface area (Å²) in [6, 6.07) is 27.7. The average Bonchev–Trinajstić information content (AvgIpc) is 3.39. The zero-order chi connectivity index (χ0) is 24.5. The van der Waals surface area contributed by atoms with Crippen LogP contribution in [0.5, 0.6) is 0 Å². The molecule has 182 valence electrons. The third kappa shape index (κ3) is 7.53. The maximum absolute atomic E-state index is 13.7. The Balaban J connectivity index is 1.61. The molecule has 1 fully saturated rings. The van der Waals surface area contributed by atoms with Gasteiger partial charge in [0.1, 0.15) is 6.04 Å². The summed E-state index contributed by atoms with van der Waals surface area (Å²) in [4.78, 5) is 29.2. The molecule has 0 heterocycles. The molecule has 5 heteroatoms. The second kappa shape index (κ2) is 12.7. The minimum atomic E-state index is -0.569. The van der Waals surface area contributed by atoms with Gasteiger partial charge < -0.3 is 10.2 Å². The predicted octanol–water partition coefficient (Wildman–Crippen LogP) is 6.08. The zero-order valence-electron chi connectivity index (χ0n) is 20.0. The SMILES string of the molecule is O=C(NC1CCCC1)C(Cc1ccccc1)N(Cc1cccc(Br)c1)C(=O)CCc1ccccc1. The lowest BCUT2D eigenvalue weighted by Crippen LogP contribution is -2.52. The maximum Gasteiger partial charge on any atom is 0.243 e. The molecule has 1 atom stereocenters. The van der Waals surface area contributed by atoms with Crippen molar-refractivity contribution in [1.29, 1.82) is 0 Å². The Hall–Kier alpha value is -2.92. The molecule has 1 saturated carbocycles. The number of nitrogens with zero attached hydrogens (tertiary/aromatic N) is 1. The van der Waals surface area contributed by atoms with E-state index in [2.05, 4.69) is 21.2 Å². The van der Waals surface area contributed by atoms with Crippen molar-refractivity contribution in [3.63, 3.8) is 0 Å². The number of amides is 2. The van der Waals surface area contributed by atoms with E-state index in [0.29, 0.717) is 25.8 Å². The van der Waals surface area contributed by atoms with E-state index in [1.54, 1.807) is 4.90 Å². The van der Waals surface area contributed by atoms with Crippen LogP contribution in [0.4, 0.5) is 0 Å². The second-order valence-corrected chi connectivity index (χ2v) is 10.2. The van der Waals surface area contributed by atoms with Crippen LogP contribution in [0.1, 0.15) is 48.8 Å². The van der Waals surface area contributed by atoms with Crippen LogP contribution in [0.2, 0.25) is 0 Å². The van der Waals surface area contributed by atoms with Crippen molar-refractivity contribution >= 4 is 27.7 Å². The lowest BCUT2D eigenvalue weighted by atomic mass is 10.0. The Kier molecular flexibility index (Phi) is 9.13. The van der Waals surface area contributed by atoms with Crippen molar-refractivity contribution in [2.24, 2.45) is 0 Å². The lowest BCUT2D eigenvalue weighted by molar-refractivity contribution is -0.141. The highest BCUT2D eigenvalue weighted by Gasteiger charge is 2.32. The van der Waals surface area contributed by atoms with Crippen LogP contribution in [-0.2, 0) is 29.0 Å². The fraction of sp³-hybridized carbons (Fsp3) is 0.333. The number of benzene rings is 3. The molecule has 0 spiro atoms. The van der Waals surface area contributed by atoms with Gasteiger partial charge >= 0.3 is 0 Å². The van der Waals surface area contributed by atoms with E-state index in [1.165, 1.54) is 0 Å². The topological polar surface area (TPSA) is 49.4 Å². The highest BCUT2D eigenvalue weighted by molar-refractivity contribution is 9.10. The minimum absolute atomic E-state index is 0.00340. The molecule has 1 aliphatic rings. The van der Waals surface area contributed by atoms with Crippen molar-refractivity contribution < 1.29 is 9.59 Å². The molecular formula is C30H33BrN2O2. The van der Waals surface area contributed by atoms with Gasteiger partial charge in [-0.3, -0.25) is 9.59 Å². The van der Waals surface area contributed by atoms with Crippen LogP contribution in [0.15, 0.2) is 89.4 Å². The summed E-state index contributed by atoms with van der Waals surface area (Å²) < 4.78 is 0.960. The van der Waals surface area contributed by atoms with E-state index in [1.807, 2.05) is 84.9 Å². The van der Waals surface area contributed by atoms with Gasteiger partial charge in [-0.25, -0.2) is 0 Å². The molecule has 1 aliphatic carbocycles. The van der Waals surface area contributed by atoms with Crippen LogP contribution in [0, 0.1) is 0 Å². The molecule has 1 unspecified atom stereocenters. The molecular weight excluding hydrogens is 500 g/mol. The first-order chi connectivity index (χ1) is 17.1. The van der Waals surface area contributed by atoms with Gasteiger partial charge in [0.05, 0.1) is 0 Å². The van der Waals surface area contributed by atoms with Gasteiger partial charge in [-0.15, -0.1) is 0 Å². The first kappa shape index (κ1) is 25.2. The zero-order valence-corrected chi connectivity index (χ0v) is 21.6. The normalized spacial score (nSPS) is 14.4. The van der Waals surface area contributed by atoms with Crippen LogP contribution in [0.3, 0.4) is 0 Å². The summed E-state index contributed by atoms with van der Waals surface area (Å²) >= 11 is 3.55. The number of carbonyl (C=O) groups is 2. The molecule has 1 N–H and O–H groups in total. The van der Waals surface area contributed by atoms with Crippen molar-refractivity contribution in [3.05, 3.63) is 106 Å². The van der Waals surface area contributed by atoms with Crippen molar-refractivity contribution in [2.75, 3.05) is 0 Å². The Morgan fingerprint density at radius 2 is 1.49 bits per heavy atom. The molecule has 0 bridgehead atoms. The van der Waals surface area contributed by atoms with Gasteiger partial charge in [0.15, 0.2) is 0 Å². The fourth-order valence-corrected chi connectivity index (χ4v) is 5.24. The van der Waals surface area contributed by atoms with E-state index >= 15 is 0 Å². The molecule has 0 aliphatic heterocycles. The molecule has 4 nitrogen and oxygen atoms in total. The van der Waals surface area contributed by atoms with E-state index in [4.69, 9.17) is 0 Å². The predicted molar refractivity (Wildman–Crippen MR) is 144 cm³/mol. The highest BCUT2D eigenvalue weighted by atomic mass is 79.9. The number of halogens is 1. The van der Waals surface area contributed by atoms with Crippen molar-refractivity contribution in [1.82, 2.24) is 10.2 Å². The van der Waals surface area contributed by atoms with Gasteiger partial charge in [-0.05, 0) is 48.1 Å². The first-order valence-electron chi connectivity index (χ1n) is 12.5. The van der Waals surface area contributed by atoms with E-state index in [0.717, 1.165) is 46.8 Å². The van der Waals surface area contributed by atoms with E-state index in [-0.39, 0.29) is 17.9 Å². The third-order valence-corrected chi connectivity index (χ3v) is 7.18. The molecule has 35 heavy (non-hydrogen) atoms. The second-order valence-electron chi connectivity index (χ2n) is 9.33. The Labute approximate surface area is 216 Å². The van der Waals surface area contributed by atoms with Crippen LogP contribution in [0.25, 0.3) is 0 Å². The Morgan fingerprint density at radius 1 is 0.857 bits per heavy atom. The summed E-state index contributed by atoms with van der Waals surface area (Å²) in [5.74, 6) is -0.0554. The molecule has 0 radical (unpaired) electrons. The Morgan fingerprint density at radius 3 is 2.14 bits per heavy atom. The standard InChI is InChI=1S/C30H33BrN2O2/c31-26-15-9-14-25(20-26)22-33(29(34)19-18-23-10-3-1-4-11-23)28(21-24-12-5-2-6-13-24)30(35)32-27-16-7-8-17-27/h1-6,9-15,20,27-28H,7-8,16-19,21-22H2,(H,32,35). The van der Waals surface area contributed by atoms with Crippen molar-refractivity contribution in [2.45, 2.75) is 63.6 Å². The molecule has 0 saturated heterocycles. The number of nitrogens with one attached hydrogen (secondary N) is 1. The number of aryl methyl sites for hydroxylation is 1. The number of hydrogen-bond donors (Lipinski definition) is 1. The number of hydrogen-bond acceptors (Lipinski definition) is 2. The van der Waals surface area contributed by atoms with Crippen LogP contribution < -0.4 is 5.32 Å². The Bertz CT molecular complexity index is 1100. The largest absolute Gasteiger partial charge is 0.352 e. The van der Waals surface area contributed by atoms with Crippen molar-refractivity contribution in [3.8, 4) is 0 Å².